The second-order valence-electron chi connectivity index (χ2n) is 5.29. The number of methoxy groups -OCH3 is 1. The van der Waals surface area contributed by atoms with Crippen molar-refractivity contribution in [3.05, 3.63) is 36.4 Å². The van der Waals surface area contributed by atoms with Crippen LogP contribution in [0.4, 0.5) is 4.79 Å². The molecule has 0 atom stereocenters. The highest BCUT2D eigenvalue weighted by Gasteiger charge is 2.13. The standard InChI is InChI=1S/C17H16N2O4S/c1-19(2)17(21)23-11-5-7-13-15(9-11)24-16(18-13)12-6-4-10(22-3)8-14(12)20/h4-9,20H,1-3H3. The molecule has 1 N–H and O–H groups in total. The molecule has 1 heterocycles. The number of aromatic nitrogens is 1. The SMILES string of the molecule is COc1ccc(-c2nc3ccc(OC(=O)N(C)C)cc3s2)c(O)c1. The summed E-state index contributed by atoms with van der Waals surface area (Å²) in [6.07, 6.45) is -0.438. The van der Waals surface area contributed by atoms with Crippen LogP contribution in [0.3, 0.4) is 0 Å². The molecule has 0 bridgehead atoms. The first-order chi connectivity index (χ1) is 11.5. The molecule has 0 unspecified atom stereocenters. The van der Waals surface area contributed by atoms with Crippen molar-refractivity contribution in [2.75, 3.05) is 21.2 Å². The predicted octanol–water partition coefficient (Wildman–Crippen LogP) is 3.74. The van der Waals surface area contributed by atoms with Gasteiger partial charge in [-0.25, -0.2) is 9.78 Å². The Balaban J connectivity index is 1.95. The normalized spacial score (nSPS) is 10.6. The van der Waals surface area contributed by atoms with E-state index in [1.165, 1.54) is 16.2 Å². The van der Waals surface area contributed by atoms with Crippen LogP contribution in [-0.4, -0.2) is 42.3 Å². The van der Waals surface area contributed by atoms with E-state index in [9.17, 15) is 9.90 Å². The lowest BCUT2D eigenvalue weighted by Gasteiger charge is -2.10. The molecule has 1 aromatic heterocycles. The maximum atomic E-state index is 11.6. The van der Waals surface area contributed by atoms with E-state index in [0.717, 1.165) is 10.2 Å². The summed E-state index contributed by atoms with van der Waals surface area (Å²) < 4.78 is 11.2. The molecule has 0 fully saturated rings. The maximum Gasteiger partial charge on any atom is 0.414 e. The number of carbonyl (C=O) groups is 1. The van der Waals surface area contributed by atoms with Gasteiger partial charge in [0.05, 0.1) is 22.9 Å². The molecule has 3 rings (SSSR count). The Labute approximate surface area is 142 Å². The smallest absolute Gasteiger partial charge is 0.414 e. The third-order valence-electron chi connectivity index (χ3n) is 3.37. The number of thiazole rings is 1. The molecule has 1 amide bonds. The molecule has 124 valence electrons. The Morgan fingerprint density at radius 1 is 1.17 bits per heavy atom. The molecule has 0 saturated heterocycles. The second kappa shape index (κ2) is 6.37. The summed E-state index contributed by atoms with van der Waals surface area (Å²) in [4.78, 5) is 17.5. The van der Waals surface area contributed by atoms with Crippen LogP contribution in [-0.2, 0) is 0 Å². The number of ether oxygens (including phenoxy) is 2. The minimum atomic E-state index is -0.438. The Bertz CT molecular complexity index is 905. The van der Waals surface area contributed by atoms with Crippen molar-refractivity contribution < 1.29 is 19.4 Å². The van der Waals surface area contributed by atoms with Gasteiger partial charge in [0, 0.05) is 26.2 Å². The van der Waals surface area contributed by atoms with Gasteiger partial charge in [-0.2, -0.15) is 0 Å². The van der Waals surface area contributed by atoms with E-state index in [4.69, 9.17) is 9.47 Å². The first-order valence-corrected chi connectivity index (χ1v) is 7.96. The van der Waals surface area contributed by atoms with E-state index in [2.05, 4.69) is 4.98 Å². The molecular weight excluding hydrogens is 328 g/mol. The summed E-state index contributed by atoms with van der Waals surface area (Å²) in [7, 11) is 4.79. The molecule has 0 radical (unpaired) electrons. The number of hydrogen-bond acceptors (Lipinski definition) is 6. The van der Waals surface area contributed by atoms with Crippen LogP contribution in [0.5, 0.6) is 17.2 Å². The van der Waals surface area contributed by atoms with Crippen molar-refractivity contribution in [1.82, 2.24) is 9.88 Å². The number of benzene rings is 2. The Morgan fingerprint density at radius 3 is 2.58 bits per heavy atom. The molecule has 0 aliphatic carbocycles. The lowest BCUT2D eigenvalue weighted by atomic mass is 10.2. The highest BCUT2D eigenvalue weighted by molar-refractivity contribution is 7.21. The van der Waals surface area contributed by atoms with E-state index >= 15 is 0 Å². The van der Waals surface area contributed by atoms with E-state index in [0.29, 0.717) is 22.1 Å². The number of nitrogens with zero attached hydrogens (tertiary/aromatic N) is 2. The van der Waals surface area contributed by atoms with E-state index in [-0.39, 0.29) is 5.75 Å². The van der Waals surface area contributed by atoms with Crippen LogP contribution in [0.15, 0.2) is 36.4 Å². The van der Waals surface area contributed by atoms with Crippen molar-refractivity contribution in [2.45, 2.75) is 0 Å². The van der Waals surface area contributed by atoms with Gasteiger partial charge in [-0.05, 0) is 24.3 Å². The summed E-state index contributed by atoms with van der Waals surface area (Å²) in [5.41, 5.74) is 1.40. The van der Waals surface area contributed by atoms with Gasteiger partial charge in [0.1, 0.15) is 22.3 Å². The Morgan fingerprint density at radius 2 is 1.92 bits per heavy atom. The lowest BCUT2D eigenvalue weighted by Crippen LogP contribution is -2.25. The summed E-state index contributed by atoms with van der Waals surface area (Å²) in [5.74, 6) is 1.14. The molecule has 7 heteroatoms. The van der Waals surface area contributed by atoms with Crippen molar-refractivity contribution in [3.63, 3.8) is 0 Å². The van der Waals surface area contributed by atoms with Crippen LogP contribution < -0.4 is 9.47 Å². The average Bonchev–Trinajstić information content (AvgIpc) is 2.97. The zero-order valence-electron chi connectivity index (χ0n) is 13.4. The highest BCUT2D eigenvalue weighted by atomic mass is 32.1. The molecule has 0 saturated carbocycles. The van der Waals surface area contributed by atoms with Crippen LogP contribution in [0.1, 0.15) is 0 Å². The summed E-state index contributed by atoms with van der Waals surface area (Å²) in [6.45, 7) is 0. The zero-order chi connectivity index (χ0) is 17.3. The number of carbonyl (C=O) groups excluding carboxylic acids is 1. The fourth-order valence-electron chi connectivity index (χ4n) is 2.10. The molecule has 0 aliphatic rings. The third kappa shape index (κ3) is 3.11. The van der Waals surface area contributed by atoms with E-state index < -0.39 is 6.09 Å². The molecule has 2 aromatic carbocycles. The van der Waals surface area contributed by atoms with Crippen molar-refractivity contribution >= 4 is 27.6 Å². The first kappa shape index (κ1) is 16.1. The average molecular weight is 344 g/mol. The molecule has 3 aromatic rings. The van der Waals surface area contributed by atoms with Gasteiger partial charge < -0.3 is 19.5 Å². The van der Waals surface area contributed by atoms with Gasteiger partial charge in [0.2, 0.25) is 0 Å². The highest BCUT2D eigenvalue weighted by Crippen LogP contribution is 2.37. The number of phenolic OH excluding ortho intramolecular Hbond substituents is 1. The minimum Gasteiger partial charge on any atom is -0.507 e. The number of amides is 1. The van der Waals surface area contributed by atoms with Crippen molar-refractivity contribution in [3.8, 4) is 27.8 Å². The monoisotopic (exact) mass is 344 g/mol. The number of rotatable bonds is 3. The Kier molecular flexibility index (Phi) is 4.26. The molecule has 0 spiro atoms. The quantitative estimate of drug-likeness (QED) is 0.784. The Hall–Kier alpha value is -2.80. The summed E-state index contributed by atoms with van der Waals surface area (Å²) in [5, 5.41) is 10.8. The largest absolute Gasteiger partial charge is 0.507 e. The van der Waals surface area contributed by atoms with Gasteiger partial charge in [-0.15, -0.1) is 11.3 Å². The minimum absolute atomic E-state index is 0.104. The number of phenols is 1. The van der Waals surface area contributed by atoms with Gasteiger partial charge in [-0.1, -0.05) is 0 Å². The predicted molar refractivity (Wildman–Crippen MR) is 93.0 cm³/mol. The number of hydrogen-bond donors (Lipinski definition) is 1. The fraction of sp³-hybridized carbons (Fsp3) is 0.176. The number of aromatic hydroxyl groups is 1. The topological polar surface area (TPSA) is 71.9 Å². The zero-order valence-corrected chi connectivity index (χ0v) is 14.3. The molecule has 6 nitrogen and oxygen atoms in total. The third-order valence-corrected chi connectivity index (χ3v) is 4.42. The summed E-state index contributed by atoms with van der Waals surface area (Å²) in [6, 6.07) is 10.3. The van der Waals surface area contributed by atoms with Gasteiger partial charge in [-0.3, -0.25) is 0 Å². The fourth-order valence-corrected chi connectivity index (χ4v) is 3.12. The maximum absolute atomic E-state index is 11.6. The van der Waals surface area contributed by atoms with Crippen LogP contribution in [0.25, 0.3) is 20.8 Å². The lowest BCUT2D eigenvalue weighted by molar-refractivity contribution is 0.172. The van der Waals surface area contributed by atoms with E-state index in [1.807, 2.05) is 0 Å². The summed E-state index contributed by atoms with van der Waals surface area (Å²) >= 11 is 1.41. The van der Waals surface area contributed by atoms with Gasteiger partial charge in [0.15, 0.2) is 0 Å². The molecule has 0 aliphatic heterocycles. The molecular formula is C17H16N2O4S. The molecule has 24 heavy (non-hydrogen) atoms. The van der Waals surface area contributed by atoms with Crippen LogP contribution in [0.2, 0.25) is 0 Å². The van der Waals surface area contributed by atoms with Gasteiger partial charge in [0.25, 0.3) is 0 Å². The van der Waals surface area contributed by atoms with Crippen molar-refractivity contribution in [1.29, 1.82) is 0 Å². The number of fused-ring (bicyclic) bond motifs is 1. The van der Waals surface area contributed by atoms with Crippen molar-refractivity contribution in [2.24, 2.45) is 0 Å². The van der Waals surface area contributed by atoms with Crippen LogP contribution >= 0.6 is 11.3 Å². The first-order valence-electron chi connectivity index (χ1n) is 7.15. The van der Waals surface area contributed by atoms with Gasteiger partial charge >= 0.3 is 6.09 Å². The van der Waals surface area contributed by atoms with E-state index in [1.54, 1.807) is 57.6 Å². The van der Waals surface area contributed by atoms with Crippen LogP contribution in [0, 0.1) is 0 Å². The second-order valence-corrected chi connectivity index (χ2v) is 6.32.